The van der Waals surface area contributed by atoms with Crippen molar-refractivity contribution in [3.63, 3.8) is 0 Å². The number of phenolic OH excluding ortho intramolecular Hbond substituents is 1. The van der Waals surface area contributed by atoms with Crippen molar-refractivity contribution in [2.24, 2.45) is 0 Å². The van der Waals surface area contributed by atoms with Gasteiger partial charge in [-0.1, -0.05) is 12.1 Å². The fraction of sp³-hybridized carbons (Fsp3) is 0.211. The Morgan fingerprint density at radius 1 is 1.18 bits per heavy atom. The first-order valence-corrected chi connectivity index (χ1v) is 8.62. The van der Waals surface area contributed by atoms with Gasteiger partial charge in [0.2, 0.25) is 12.7 Å². The summed E-state index contributed by atoms with van der Waals surface area (Å²) in [7, 11) is 0. The lowest BCUT2D eigenvalue weighted by atomic mass is 10.2. The number of hydrogen-bond acceptors (Lipinski definition) is 6. The van der Waals surface area contributed by atoms with Crippen LogP contribution in [0.2, 0.25) is 0 Å². The molecule has 144 valence electrons. The molecule has 0 aliphatic carbocycles. The number of hydrogen-bond donors (Lipinski definition) is 2. The summed E-state index contributed by atoms with van der Waals surface area (Å²) in [6.45, 7) is 1.93. The predicted octanol–water partition coefficient (Wildman–Crippen LogP) is 1.09. The Morgan fingerprint density at radius 3 is 2.71 bits per heavy atom. The van der Waals surface area contributed by atoms with Crippen LogP contribution < -0.4 is 20.5 Å². The van der Waals surface area contributed by atoms with Gasteiger partial charge in [0.25, 0.3) is 0 Å². The molecule has 28 heavy (non-hydrogen) atoms. The van der Waals surface area contributed by atoms with Crippen molar-refractivity contribution in [1.82, 2.24) is 19.7 Å². The largest absolute Gasteiger partial charge is 0.508 e. The van der Waals surface area contributed by atoms with E-state index in [0.29, 0.717) is 23.0 Å². The topological polar surface area (TPSA) is 108 Å². The smallest absolute Gasteiger partial charge is 0.351 e. The average Bonchev–Trinajstić information content (AvgIpc) is 3.25. The average molecular weight is 382 g/mol. The molecule has 0 atom stereocenters. The second-order valence-electron chi connectivity index (χ2n) is 6.30. The normalized spacial score (nSPS) is 12.2. The fourth-order valence-electron chi connectivity index (χ4n) is 2.95. The van der Waals surface area contributed by atoms with Crippen molar-refractivity contribution < 1.29 is 19.4 Å². The van der Waals surface area contributed by atoms with E-state index in [1.807, 2.05) is 0 Å². The first-order valence-electron chi connectivity index (χ1n) is 8.62. The van der Waals surface area contributed by atoms with Gasteiger partial charge in [0.05, 0.1) is 5.69 Å². The fourth-order valence-corrected chi connectivity index (χ4v) is 2.95. The molecule has 0 saturated heterocycles. The second kappa shape index (κ2) is 7.10. The molecule has 0 spiro atoms. The lowest BCUT2D eigenvalue weighted by molar-refractivity contribution is -0.122. The maximum absolute atomic E-state index is 12.7. The van der Waals surface area contributed by atoms with Crippen molar-refractivity contribution in [2.45, 2.75) is 20.0 Å². The van der Waals surface area contributed by atoms with Gasteiger partial charge in [-0.3, -0.25) is 4.79 Å². The summed E-state index contributed by atoms with van der Waals surface area (Å²) in [5.41, 5.74) is 0.999. The third kappa shape index (κ3) is 3.41. The number of amides is 1. The summed E-state index contributed by atoms with van der Waals surface area (Å²) in [6.07, 6.45) is 0. The first-order chi connectivity index (χ1) is 13.5. The molecule has 2 N–H and O–H groups in total. The van der Waals surface area contributed by atoms with Gasteiger partial charge in [-0.15, -0.1) is 0 Å². The molecule has 1 aliphatic heterocycles. The Bertz CT molecular complexity index is 1080. The number of aromatic hydroxyl groups is 1. The summed E-state index contributed by atoms with van der Waals surface area (Å²) >= 11 is 0. The van der Waals surface area contributed by atoms with Crippen LogP contribution in [0.25, 0.3) is 5.69 Å². The van der Waals surface area contributed by atoms with E-state index >= 15 is 0 Å². The first kappa shape index (κ1) is 17.7. The zero-order valence-corrected chi connectivity index (χ0v) is 15.1. The van der Waals surface area contributed by atoms with Gasteiger partial charge in [-0.05, 0) is 36.8 Å². The minimum absolute atomic E-state index is 0.146. The zero-order valence-electron chi connectivity index (χ0n) is 15.1. The molecular weight excluding hydrogens is 364 g/mol. The molecular formula is C19H18N4O5. The maximum atomic E-state index is 12.7. The molecule has 1 amide bonds. The molecule has 2 aromatic carbocycles. The van der Waals surface area contributed by atoms with Crippen molar-refractivity contribution in [1.29, 1.82) is 0 Å². The Kier molecular flexibility index (Phi) is 4.48. The third-order valence-corrected chi connectivity index (χ3v) is 4.33. The standard InChI is InChI=1S/C19H18N4O5/c1-12-21-22(10-18(25)20-9-13-2-5-15(24)6-3-13)19(26)23(12)14-4-7-16-17(8-14)28-11-27-16/h2-8,24H,9-11H2,1H3,(H,20,25). The van der Waals surface area contributed by atoms with Crippen LogP contribution in [-0.2, 0) is 17.9 Å². The molecule has 0 unspecified atom stereocenters. The summed E-state index contributed by atoms with van der Waals surface area (Å²) in [6, 6.07) is 11.7. The highest BCUT2D eigenvalue weighted by molar-refractivity contribution is 5.75. The van der Waals surface area contributed by atoms with Gasteiger partial charge in [0.1, 0.15) is 18.1 Å². The molecule has 1 aliphatic rings. The Morgan fingerprint density at radius 2 is 1.93 bits per heavy atom. The second-order valence-corrected chi connectivity index (χ2v) is 6.30. The van der Waals surface area contributed by atoms with E-state index in [2.05, 4.69) is 10.4 Å². The molecule has 9 nitrogen and oxygen atoms in total. The summed E-state index contributed by atoms with van der Waals surface area (Å²) in [5, 5.41) is 16.2. The summed E-state index contributed by atoms with van der Waals surface area (Å²) in [5.74, 6) is 1.45. The molecule has 0 bridgehead atoms. The van der Waals surface area contributed by atoms with Gasteiger partial charge in [0.15, 0.2) is 11.5 Å². The van der Waals surface area contributed by atoms with Crippen LogP contribution >= 0.6 is 0 Å². The number of carbonyl (C=O) groups is 1. The molecule has 0 radical (unpaired) electrons. The van der Waals surface area contributed by atoms with Crippen molar-refractivity contribution >= 4 is 5.91 Å². The summed E-state index contributed by atoms with van der Waals surface area (Å²) < 4.78 is 13.2. The van der Waals surface area contributed by atoms with Crippen LogP contribution in [0, 0.1) is 6.92 Å². The van der Waals surface area contributed by atoms with Gasteiger partial charge < -0.3 is 19.9 Å². The van der Waals surface area contributed by atoms with Crippen LogP contribution in [0.3, 0.4) is 0 Å². The highest BCUT2D eigenvalue weighted by Gasteiger charge is 2.18. The van der Waals surface area contributed by atoms with Crippen molar-refractivity contribution in [3.05, 3.63) is 64.3 Å². The number of phenols is 1. The van der Waals surface area contributed by atoms with Crippen LogP contribution in [-0.4, -0.2) is 32.2 Å². The SMILES string of the molecule is Cc1nn(CC(=O)NCc2ccc(O)cc2)c(=O)n1-c1ccc2c(c1)OCO2. The minimum Gasteiger partial charge on any atom is -0.508 e. The van der Waals surface area contributed by atoms with E-state index in [-0.39, 0.29) is 31.5 Å². The zero-order chi connectivity index (χ0) is 19.7. The molecule has 3 aromatic rings. The number of aryl methyl sites for hydroxylation is 1. The number of rotatable bonds is 5. The van der Waals surface area contributed by atoms with Gasteiger partial charge >= 0.3 is 5.69 Å². The molecule has 0 fully saturated rings. The van der Waals surface area contributed by atoms with E-state index in [1.165, 1.54) is 4.57 Å². The number of ether oxygens (including phenoxy) is 2. The van der Waals surface area contributed by atoms with E-state index in [9.17, 15) is 14.7 Å². The number of nitrogens with one attached hydrogen (secondary N) is 1. The Labute approximate surface area is 159 Å². The van der Waals surface area contributed by atoms with E-state index in [4.69, 9.17) is 9.47 Å². The van der Waals surface area contributed by atoms with Crippen LogP contribution in [0.1, 0.15) is 11.4 Å². The third-order valence-electron chi connectivity index (χ3n) is 4.33. The quantitative estimate of drug-likeness (QED) is 0.684. The van der Waals surface area contributed by atoms with E-state index < -0.39 is 5.69 Å². The minimum atomic E-state index is -0.420. The highest BCUT2D eigenvalue weighted by Crippen LogP contribution is 2.33. The molecule has 0 saturated carbocycles. The molecule has 1 aromatic heterocycles. The monoisotopic (exact) mass is 382 g/mol. The predicted molar refractivity (Wildman–Crippen MR) is 98.6 cm³/mol. The van der Waals surface area contributed by atoms with Crippen molar-refractivity contribution in [2.75, 3.05) is 6.79 Å². The molecule has 9 heteroatoms. The van der Waals surface area contributed by atoms with Gasteiger partial charge in [-0.2, -0.15) is 5.10 Å². The maximum Gasteiger partial charge on any atom is 0.351 e. The number of nitrogens with zero attached hydrogens (tertiary/aromatic N) is 3. The number of aromatic nitrogens is 3. The van der Waals surface area contributed by atoms with E-state index in [1.54, 1.807) is 49.4 Å². The lowest BCUT2D eigenvalue weighted by Gasteiger charge is -2.05. The van der Waals surface area contributed by atoms with Crippen LogP contribution in [0.4, 0.5) is 0 Å². The van der Waals surface area contributed by atoms with Gasteiger partial charge in [0, 0.05) is 12.6 Å². The highest BCUT2D eigenvalue weighted by atomic mass is 16.7. The number of benzene rings is 2. The molecule has 4 rings (SSSR count). The summed E-state index contributed by atoms with van der Waals surface area (Å²) in [4.78, 5) is 24.9. The lowest BCUT2D eigenvalue weighted by Crippen LogP contribution is -2.33. The molecule has 2 heterocycles. The Balaban J connectivity index is 1.48. The van der Waals surface area contributed by atoms with E-state index in [0.717, 1.165) is 10.2 Å². The van der Waals surface area contributed by atoms with Crippen LogP contribution in [0.5, 0.6) is 17.2 Å². The number of carbonyl (C=O) groups excluding carboxylic acids is 1. The van der Waals surface area contributed by atoms with Crippen LogP contribution in [0.15, 0.2) is 47.3 Å². The van der Waals surface area contributed by atoms with Gasteiger partial charge in [-0.25, -0.2) is 14.0 Å². The Hall–Kier alpha value is -3.75. The number of fused-ring (bicyclic) bond motifs is 1. The van der Waals surface area contributed by atoms with Crippen molar-refractivity contribution in [3.8, 4) is 22.9 Å².